The lowest BCUT2D eigenvalue weighted by molar-refractivity contribution is -0.144. The first-order valence-corrected chi connectivity index (χ1v) is 10.1. The molecule has 3 heterocycles. The molecule has 1 atom stereocenters. The maximum absolute atomic E-state index is 12.8. The number of likely N-dealkylation sites (tertiary alicyclic amines) is 1. The summed E-state index contributed by atoms with van der Waals surface area (Å²) in [5.74, 6) is -0.369. The standard InChI is InChI=1S/C19H31N5O4/c1-13(2)23-7-5-6-14(16(23)26)21-8-10-22(11-9-21)15(25)12-24-18(28)20-17(27)19(24,3)4/h13-14H,5-12H2,1-4H3,(H,20,27,28). The van der Waals surface area contributed by atoms with Gasteiger partial charge in [0, 0.05) is 38.8 Å². The molecule has 28 heavy (non-hydrogen) atoms. The summed E-state index contributed by atoms with van der Waals surface area (Å²) in [7, 11) is 0. The Morgan fingerprint density at radius 3 is 2.29 bits per heavy atom. The average molecular weight is 393 g/mol. The fourth-order valence-electron chi connectivity index (χ4n) is 4.21. The van der Waals surface area contributed by atoms with Gasteiger partial charge >= 0.3 is 6.03 Å². The first-order chi connectivity index (χ1) is 13.1. The highest BCUT2D eigenvalue weighted by Gasteiger charge is 2.46. The van der Waals surface area contributed by atoms with Crippen molar-refractivity contribution in [2.75, 3.05) is 39.3 Å². The molecule has 0 bridgehead atoms. The van der Waals surface area contributed by atoms with Gasteiger partial charge in [-0.2, -0.15) is 0 Å². The van der Waals surface area contributed by atoms with Gasteiger partial charge in [0.2, 0.25) is 11.8 Å². The lowest BCUT2D eigenvalue weighted by atomic mass is 10.0. The van der Waals surface area contributed by atoms with Gasteiger partial charge in [0.25, 0.3) is 5.91 Å². The van der Waals surface area contributed by atoms with Crippen LogP contribution in [0.5, 0.6) is 0 Å². The van der Waals surface area contributed by atoms with Crippen molar-refractivity contribution in [3.8, 4) is 0 Å². The van der Waals surface area contributed by atoms with Gasteiger partial charge in [-0.25, -0.2) is 4.79 Å². The third-order valence-electron chi connectivity index (χ3n) is 6.17. The van der Waals surface area contributed by atoms with Gasteiger partial charge in [0.1, 0.15) is 12.1 Å². The molecule has 3 fully saturated rings. The molecule has 0 aromatic heterocycles. The van der Waals surface area contributed by atoms with Crippen molar-refractivity contribution in [2.24, 2.45) is 0 Å². The topological polar surface area (TPSA) is 93.3 Å². The van der Waals surface area contributed by atoms with Crippen LogP contribution in [-0.4, -0.2) is 100 Å². The highest BCUT2D eigenvalue weighted by molar-refractivity contribution is 6.07. The van der Waals surface area contributed by atoms with Crippen molar-refractivity contribution in [1.29, 1.82) is 0 Å². The molecule has 0 spiro atoms. The second kappa shape index (κ2) is 7.69. The summed E-state index contributed by atoms with van der Waals surface area (Å²) < 4.78 is 0. The number of hydrogen-bond acceptors (Lipinski definition) is 5. The van der Waals surface area contributed by atoms with Crippen LogP contribution in [0.25, 0.3) is 0 Å². The normalized spacial score (nSPS) is 26.2. The highest BCUT2D eigenvalue weighted by atomic mass is 16.2. The molecule has 1 unspecified atom stereocenters. The molecule has 3 aliphatic rings. The van der Waals surface area contributed by atoms with Crippen LogP contribution in [-0.2, 0) is 14.4 Å². The minimum atomic E-state index is -1.02. The number of nitrogens with zero attached hydrogens (tertiary/aromatic N) is 4. The van der Waals surface area contributed by atoms with Gasteiger partial charge in [0.15, 0.2) is 0 Å². The molecule has 5 amide bonds. The zero-order valence-corrected chi connectivity index (χ0v) is 17.2. The van der Waals surface area contributed by atoms with E-state index in [0.717, 1.165) is 19.4 Å². The summed E-state index contributed by atoms with van der Waals surface area (Å²) in [5.41, 5.74) is -1.02. The summed E-state index contributed by atoms with van der Waals surface area (Å²) in [4.78, 5) is 56.4. The molecular formula is C19H31N5O4. The number of piperazine rings is 1. The first-order valence-electron chi connectivity index (χ1n) is 10.1. The molecule has 9 heteroatoms. The maximum Gasteiger partial charge on any atom is 0.325 e. The van der Waals surface area contributed by atoms with Crippen molar-refractivity contribution in [3.05, 3.63) is 0 Å². The molecule has 3 aliphatic heterocycles. The number of imide groups is 1. The summed E-state index contributed by atoms with van der Waals surface area (Å²) >= 11 is 0. The van der Waals surface area contributed by atoms with E-state index < -0.39 is 11.6 Å². The Labute approximate surface area is 166 Å². The van der Waals surface area contributed by atoms with Crippen molar-refractivity contribution >= 4 is 23.8 Å². The number of piperidine rings is 1. The summed E-state index contributed by atoms with van der Waals surface area (Å²) in [6, 6.07) is -0.422. The highest BCUT2D eigenvalue weighted by Crippen LogP contribution is 2.23. The van der Waals surface area contributed by atoms with Gasteiger partial charge in [-0.15, -0.1) is 0 Å². The van der Waals surface area contributed by atoms with E-state index in [-0.39, 0.29) is 36.3 Å². The van der Waals surface area contributed by atoms with Crippen LogP contribution in [0.1, 0.15) is 40.5 Å². The Kier molecular flexibility index (Phi) is 5.65. The second-order valence-corrected chi connectivity index (χ2v) is 8.60. The predicted octanol–water partition coefficient (Wildman–Crippen LogP) is -0.140. The zero-order chi connectivity index (χ0) is 20.6. The lowest BCUT2D eigenvalue weighted by Gasteiger charge is -2.43. The number of carbonyl (C=O) groups is 4. The molecule has 0 aromatic rings. The summed E-state index contributed by atoms with van der Waals surface area (Å²) in [6.07, 6.45) is 1.86. The SMILES string of the molecule is CC(C)N1CCCC(N2CCN(C(=O)CN3C(=O)NC(=O)C3(C)C)CC2)C1=O. The van der Waals surface area contributed by atoms with Gasteiger partial charge in [-0.3, -0.25) is 24.6 Å². The van der Waals surface area contributed by atoms with Crippen LogP contribution >= 0.6 is 0 Å². The van der Waals surface area contributed by atoms with E-state index in [1.165, 1.54) is 4.90 Å². The minimum absolute atomic E-state index is 0.102. The van der Waals surface area contributed by atoms with Crippen LogP contribution < -0.4 is 5.32 Å². The average Bonchev–Trinajstić information content (AvgIpc) is 2.83. The van der Waals surface area contributed by atoms with Crippen molar-refractivity contribution < 1.29 is 19.2 Å². The molecule has 3 saturated heterocycles. The Bertz CT molecular complexity index is 669. The predicted molar refractivity (Wildman–Crippen MR) is 102 cm³/mol. The minimum Gasteiger partial charge on any atom is -0.339 e. The number of amides is 5. The lowest BCUT2D eigenvalue weighted by Crippen LogP contribution is -2.60. The van der Waals surface area contributed by atoms with E-state index in [9.17, 15) is 19.2 Å². The molecule has 3 rings (SSSR count). The third-order valence-corrected chi connectivity index (χ3v) is 6.17. The molecule has 0 aliphatic carbocycles. The van der Waals surface area contributed by atoms with E-state index in [2.05, 4.69) is 10.2 Å². The van der Waals surface area contributed by atoms with Crippen molar-refractivity contribution in [1.82, 2.24) is 24.9 Å². The summed E-state index contributed by atoms with van der Waals surface area (Å²) in [5, 5.41) is 2.26. The fraction of sp³-hybridized carbons (Fsp3) is 0.789. The van der Waals surface area contributed by atoms with Crippen LogP contribution in [0.15, 0.2) is 0 Å². The molecule has 9 nitrogen and oxygen atoms in total. The molecule has 0 aromatic carbocycles. The molecule has 0 saturated carbocycles. The number of nitrogens with one attached hydrogen (secondary N) is 1. The van der Waals surface area contributed by atoms with E-state index >= 15 is 0 Å². The van der Waals surface area contributed by atoms with Gasteiger partial charge in [-0.05, 0) is 40.5 Å². The van der Waals surface area contributed by atoms with Crippen LogP contribution in [0.3, 0.4) is 0 Å². The van der Waals surface area contributed by atoms with Gasteiger partial charge in [-0.1, -0.05) is 0 Å². The second-order valence-electron chi connectivity index (χ2n) is 8.60. The molecular weight excluding hydrogens is 362 g/mol. The van der Waals surface area contributed by atoms with Gasteiger partial charge < -0.3 is 14.7 Å². The van der Waals surface area contributed by atoms with E-state index in [1.807, 2.05) is 18.7 Å². The Morgan fingerprint density at radius 1 is 1.11 bits per heavy atom. The van der Waals surface area contributed by atoms with Gasteiger partial charge in [0.05, 0.1) is 6.04 Å². The van der Waals surface area contributed by atoms with Crippen LogP contribution in [0.4, 0.5) is 4.79 Å². The fourth-order valence-corrected chi connectivity index (χ4v) is 4.21. The van der Waals surface area contributed by atoms with E-state index in [1.54, 1.807) is 18.7 Å². The molecule has 156 valence electrons. The van der Waals surface area contributed by atoms with Crippen molar-refractivity contribution in [2.45, 2.75) is 58.2 Å². The smallest absolute Gasteiger partial charge is 0.325 e. The number of hydrogen-bond donors (Lipinski definition) is 1. The quantitative estimate of drug-likeness (QED) is 0.671. The summed E-state index contributed by atoms with van der Waals surface area (Å²) in [6.45, 7) is 10.4. The zero-order valence-electron chi connectivity index (χ0n) is 17.2. The number of rotatable bonds is 4. The Morgan fingerprint density at radius 2 is 1.75 bits per heavy atom. The number of urea groups is 1. The Balaban J connectivity index is 1.55. The molecule has 1 N–H and O–H groups in total. The monoisotopic (exact) mass is 393 g/mol. The van der Waals surface area contributed by atoms with Crippen LogP contribution in [0, 0.1) is 0 Å². The van der Waals surface area contributed by atoms with Crippen LogP contribution in [0.2, 0.25) is 0 Å². The first kappa shape index (κ1) is 20.6. The number of carbonyl (C=O) groups excluding carboxylic acids is 4. The maximum atomic E-state index is 12.8. The molecule has 0 radical (unpaired) electrons. The van der Waals surface area contributed by atoms with E-state index in [0.29, 0.717) is 26.2 Å². The van der Waals surface area contributed by atoms with E-state index in [4.69, 9.17) is 0 Å². The van der Waals surface area contributed by atoms with Crippen molar-refractivity contribution in [3.63, 3.8) is 0 Å². The Hall–Kier alpha value is -2.16. The third kappa shape index (κ3) is 3.72. The largest absolute Gasteiger partial charge is 0.339 e.